The largest absolute Gasteiger partial charge is 0.478 e. The number of carboxylic acids is 1. The second-order valence-electron chi connectivity index (χ2n) is 9.21. The molecule has 3 rings (SSSR count). The van der Waals surface area contributed by atoms with Gasteiger partial charge in [0.2, 0.25) is 0 Å². The minimum atomic E-state index is -0.973. The summed E-state index contributed by atoms with van der Waals surface area (Å²) in [5.74, 6) is -1.80. The van der Waals surface area contributed by atoms with Crippen LogP contribution in [-0.4, -0.2) is 61.3 Å². The van der Waals surface area contributed by atoms with Crippen molar-refractivity contribution >= 4 is 17.6 Å². The SMILES string of the molecule is CCCCCC1C(C(=O)O)=C(C)NC(C)=C1C(=O)OCCCN1CCN(c2ccccc2)CC1. The van der Waals surface area contributed by atoms with Crippen LogP contribution in [0.25, 0.3) is 0 Å². The van der Waals surface area contributed by atoms with Crippen molar-refractivity contribution in [3.8, 4) is 0 Å². The summed E-state index contributed by atoms with van der Waals surface area (Å²) in [4.78, 5) is 29.8. The third-order valence-corrected chi connectivity index (χ3v) is 6.77. The molecule has 2 aliphatic heterocycles. The van der Waals surface area contributed by atoms with Gasteiger partial charge in [0.1, 0.15) is 0 Å². The lowest BCUT2D eigenvalue weighted by molar-refractivity contribution is -0.140. The van der Waals surface area contributed by atoms with Crippen molar-refractivity contribution in [2.45, 2.75) is 52.9 Å². The number of anilines is 1. The molecule has 0 aliphatic carbocycles. The topological polar surface area (TPSA) is 82.1 Å². The van der Waals surface area contributed by atoms with E-state index < -0.39 is 17.9 Å². The summed E-state index contributed by atoms with van der Waals surface area (Å²) in [6.45, 7) is 10.9. The molecule has 1 fully saturated rings. The Balaban J connectivity index is 1.49. The highest BCUT2D eigenvalue weighted by Gasteiger charge is 2.35. The lowest BCUT2D eigenvalue weighted by Gasteiger charge is -2.36. The van der Waals surface area contributed by atoms with Crippen molar-refractivity contribution in [2.75, 3.05) is 44.2 Å². The number of allylic oxidation sites excluding steroid dienone is 2. The molecule has 7 heteroatoms. The van der Waals surface area contributed by atoms with Gasteiger partial charge in [0.25, 0.3) is 0 Å². The monoisotopic (exact) mass is 469 g/mol. The molecule has 1 aromatic carbocycles. The van der Waals surface area contributed by atoms with Crippen molar-refractivity contribution in [1.82, 2.24) is 10.2 Å². The van der Waals surface area contributed by atoms with E-state index in [9.17, 15) is 14.7 Å². The van der Waals surface area contributed by atoms with E-state index in [1.807, 2.05) is 13.0 Å². The lowest BCUT2D eigenvalue weighted by atomic mass is 9.82. The summed E-state index contributed by atoms with van der Waals surface area (Å²) in [5.41, 5.74) is 3.32. The molecule has 7 nitrogen and oxygen atoms in total. The summed E-state index contributed by atoms with van der Waals surface area (Å²) in [6.07, 6.45) is 4.33. The van der Waals surface area contributed by atoms with Gasteiger partial charge in [-0.05, 0) is 38.8 Å². The predicted octanol–water partition coefficient (Wildman–Crippen LogP) is 4.17. The molecule has 34 heavy (non-hydrogen) atoms. The van der Waals surface area contributed by atoms with Crippen LogP contribution < -0.4 is 10.2 Å². The highest BCUT2D eigenvalue weighted by Crippen LogP contribution is 2.34. The van der Waals surface area contributed by atoms with Crippen LogP contribution in [0.15, 0.2) is 52.9 Å². The van der Waals surface area contributed by atoms with Crippen LogP contribution in [0.4, 0.5) is 5.69 Å². The zero-order valence-electron chi connectivity index (χ0n) is 20.8. The summed E-state index contributed by atoms with van der Waals surface area (Å²) in [6, 6.07) is 10.5. The number of unbranched alkanes of at least 4 members (excludes halogenated alkanes) is 2. The maximum absolute atomic E-state index is 13.0. The molecule has 0 aromatic heterocycles. The van der Waals surface area contributed by atoms with Gasteiger partial charge in [-0.1, -0.05) is 44.4 Å². The first-order valence-corrected chi connectivity index (χ1v) is 12.5. The number of para-hydroxylation sites is 1. The van der Waals surface area contributed by atoms with Crippen LogP contribution in [0, 0.1) is 5.92 Å². The number of carbonyl (C=O) groups excluding carboxylic acids is 1. The highest BCUT2D eigenvalue weighted by molar-refractivity contribution is 5.97. The first kappa shape index (κ1) is 25.8. The van der Waals surface area contributed by atoms with Gasteiger partial charge in [0.05, 0.1) is 17.8 Å². The average molecular weight is 470 g/mol. The molecule has 186 valence electrons. The quantitative estimate of drug-likeness (QED) is 0.372. The predicted molar refractivity (Wildman–Crippen MR) is 134 cm³/mol. The molecule has 0 amide bonds. The molecule has 1 atom stereocenters. The van der Waals surface area contributed by atoms with E-state index in [2.05, 4.69) is 46.3 Å². The summed E-state index contributed by atoms with van der Waals surface area (Å²) in [5, 5.41) is 12.9. The Morgan fingerprint density at radius 3 is 2.32 bits per heavy atom. The Bertz CT molecular complexity index is 902. The molecule has 1 unspecified atom stereocenters. The first-order valence-electron chi connectivity index (χ1n) is 12.5. The number of hydrogen-bond acceptors (Lipinski definition) is 6. The fraction of sp³-hybridized carbons (Fsp3) is 0.556. The fourth-order valence-corrected chi connectivity index (χ4v) is 4.97. The van der Waals surface area contributed by atoms with Crippen molar-refractivity contribution in [2.24, 2.45) is 5.92 Å². The van der Waals surface area contributed by atoms with Crippen molar-refractivity contribution in [1.29, 1.82) is 0 Å². The van der Waals surface area contributed by atoms with Crippen LogP contribution in [0.3, 0.4) is 0 Å². The Morgan fingerprint density at radius 2 is 1.68 bits per heavy atom. The van der Waals surface area contributed by atoms with Gasteiger partial charge in [0, 0.05) is 55.7 Å². The normalized spacial score (nSPS) is 19.3. The number of aliphatic carboxylic acids is 1. The van der Waals surface area contributed by atoms with Gasteiger partial charge >= 0.3 is 11.9 Å². The number of nitrogens with zero attached hydrogens (tertiary/aromatic N) is 2. The molecular weight excluding hydrogens is 430 g/mol. The third-order valence-electron chi connectivity index (χ3n) is 6.77. The molecule has 2 N–H and O–H groups in total. The Kier molecular flexibility index (Phi) is 9.57. The second-order valence-corrected chi connectivity index (χ2v) is 9.21. The van der Waals surface area contributed by atoms with Gasteiger partial charge < -0.3 is 20.1 Å². The molecule has 0 spiro atoms. The fourth-order valence-electron chi connectivity index (χ4n) is 4.97. The number of benzene rings is 1. The number of carbonyl (C=O) groups is 2. The van der Waals surface area contributed by atoms with Crippen LogP contribution >= 0.6 is 0 Å². The molecule has 0 radical (unpaired) electrons. The maximum atomic E-state index is 13.0. The zero-order valence-corrected chi connectivity index (χ0v) is 20.8. The summed E-state index contributed by atoms with van der Waals surface area (Å²) >= 11 is 0. The molecule has 2 heterocycles. The third kappa shape index (κ3) is 6.63. The van der Waals surface area contributed by atoms with Gasteiger partial charge in [-0.25, -0.2) is 9.59 Å². The molecule has 0 bridgehead atoms. The Labute approximate surface area is 203 Å². The van der Waals surface area contributed by atoms with Crippen LogP contribution in [0.2, 0.25) is 0 Å². The number of ether oxygens (including phenoxy) is 1. The summed E-state index contributed by atoms with van der Waals surface area (Å²) < 4.78 is 5.64. The van der Waals surface area contributed by atoms with Gasteiger partial charge in [-0.3, -0.25) is 4.90 Å². The minimum absolute atomic E-state index is 0.282. The number of hydrogen-bond donors (Lipinski definition) is 2. The number of esters is 1. The number of dihydropyridines is 1. The Hall–Kier alpha value is -2.80. The molecule has 0 saturated carbocycles. The standard InChI is InChI=1S/C27H39N3O4/c1-4-5-7-13-23-24(26(31)32)20(2)28-21(3)25(23)27(33)34-19-10-14-29-15-17-30(18-16-29)22-11-8-6-9-12-22/h6,8-9,11-12,23,28H,4-5,7,10,13-19H2,1-3H3,(H,31,32). The van der Waals surface area contributed by atoms with E-state index in [1.54, 1.807) is 6.92 Å². The average Bonchev–Trinajstić information content (AvgIpc) is 2.82. The van der Waals surface area contributed by atoms with Gasteiger partial charge in [-0.15, -0.1) is 0 Å². The number of nitrogens with one attached hydrogen (secondary N) is 1. The van der Waals surface area contributed by atoms with Gasteiger partial charge in [0.15, 0.2) is 0 Å². The van der Waals surface area contributed by atoms with E-state index in [0.29, 0.717) is 30.0 Å². The molecule has 1 aromatic rings. The van der Waals surface area contributed by atoms with Gasteiger partial charge in [-0.2, -0.15) is 0 Å². The number of piperazine rings is 1. The van der Waals surface area contributed by atoms with E-state index in [-0.39, 0.29) is 5.57 Å². The zero-order chi connectivity index (χ0) is 24.5. The van der Waals surface area contributed by atoms with Crippen molar-refractivity contribution in [3.63, 3.8) is 0 Å². The summed E-state index contributed by atoms with van der Waals surface area (Å²) in [7, 11) is 0. The Morgan fingerprint density at radius 1 is 1.00 bits per heavy atom. The number of rotatable bonds is 11. The van der Waals surface area contributed by atoms with E-state index >= 15 is 0 Å². The maximum Gasteiger partial charge on any atom is 0.336 e. The van der Waals surface area contributed by atoms with Crippen LogP contribution in [0.5, 0.6) is 0 Å². The van der Waals surface area contributed by atoms with E-state index in [1.165, 1.54) is 5.69 Å². The van der Waals surface area contributed by atoms with E-state index in [0.717, 1.165) is 58.4 Å². The molecule has 1 saturated heterocycles. The second kappa shape index (κ2) is 12.6. The van der Waals surface area contributed by atoms with E-state index in [4.69, 9.17) is 4.74 Å². The molecule has 2 aliphatic rings. The lowest BCUT2D eigenvalue weighted by Crippen LogP contribution is -2.46. The van der Waals surface area contributed by atoms with Crippen molar-refractivity contribution < 1.29 is 19.4 Å². The smallest absolute Gasteiger partial charge is 0.336 e. The van der Waals surface area contributed by atoms with Crippen LogP contribution in [-0.2, 0) is 14.3 Å². The van der Waals surface area contributed by atoms with Crippen molar-refractivity contribution in [3.05, 3.63) is 52.9 Å². The first-order chi connectivity index (χ1) is 16.4. The molecular formula is C27H39N3O4. The number of carboxylic acid groups (broad SMARTS) is 1. The minimum Gasteiger partial charge on any atom is -0.478 e. The van der Waals surface area contributed by atoms with Crippen LogP contribution in [0.1, 0.15) is 52.9 Å². The highest BCUT2D eigenvalue weighted by atomic mass is 16.5.